The first-order valence-electron chi connectivity index (χ1n) is 3.68. The summed E-state index contributed by atoms with van der Waals surface area (Å²) in [4.78, 5) is 10.5. The van der Waals surface area contributed by atoms with Gasteiger partial charge in [-0.1, -0.05) is 13.0 Å². The van der Waals surface area contributed by atoms with Crippen LogP contribution in [0.4, 0.5) is 0 Å². The van der Waals surface area contributed by atoms with Gasteiger partial charge in [-0.2, -0.15) is 0 Å². The normalized spacial score (nSPS) is 15.5. The number of rotatable bonds is 5. The number of aliphatic carboxylic acids is 1. The van der Waals surface area contributed by atoms with E-state index in [0.29, 0.717) is 19.3 Å². The highest BCUT2D eigenvalue weighted by molar-refractivity contribution is 5.76. The highest BCUT2D eigenvalue weighted by Gasteiger charge is 2.22. The summed E-state index contributed by atoms with van der Waals surface area (Å²) in [6.45, 7) is 5.22. The summed E-state index contributed by atoms with van der Waals surface area (Å²) >= 11 is 0. The van der Waals surface area contributed by atoms with E-state index in [4.69, 9.17) is 5.73 Å². The quantitative estimate of drug-likeness (QED) is 0.561. The maximum Gasteiger partial charge on any atom is 0.0613 e. The van der Waals surface area contributed by atoms with Crippen molar-refractivity contribution < 1.29 is 9.90 Å². The second-order valence-electron chi connectivity index (χ2n) is 2.62. The molecule has 2 N–H and O–H groups in total. The van der Waals surface area contributed by atoms with E-state index in [1.54, 1.807) is 13.0 Å². The summed E-state index contributed by atoms with van der Waals surface area (Å²) in [6, 6.07) is 0. The monoisotopic (exact) mass is 156 g/mol. The van der Waals surface area contributed by atoms with Gasteiger partial charge < -0.3 is 15.6 Å². The van der Waals surface area contributed by atoms with Gasteiger partial charge in [0.2, 0.25) is 0 Å². The summed E-state index contributed by atoms with van der Waals surface area (Å²) < 4.78 is 0. The maximum absolute atomic E-state index is 10.5. The smallest absolute Gasteiger partial charge is 0.0613 e. The van der Waals surface area contributed by atoms with Crippen LogP contribution in [0.15, 0.2) is 12.7 Å². The molecule has 0 radical (unpaired) electrons. The molecular formula is C8H14NO2-. The topological polar surface area (TPSA) is 66.2 Å². The number of carbonyl (C=O) groups excluding carboxylic acids is 1. The van der Waals surface area contributed by atoms with Gasteiger partial charge in [0.1, 0.15) is 0 Å². The molecule has 0 rings (SSSR count). The molecule has 0 fully saturated rings. The lowest BCUT2D eigenvalue weighted by molar-refractivity contribution is -0.313. The third-order valence-electron chi connectivity index (χ3n) is 1.83. The van der Waals surface area contributed by atoms with E-state index in [1.807, 2.05) is 0 Å². The van der Waals surface area contributed by atoms with Crippen LogP contribution >= 0.6 is 0 Å². The average Bonchev–Trinajstić information content (AvgIpc) is 2.00. The number of carboxylic acids is 1. The molecule has 0 aliphatic carbocycles. The number of carbonyl (C=O) groups is 1. The number of hydrogen-bond donors (Lipinski definition) is 1. The number of carboxylic acid groups (broad SMARTS) is 1. The predicted molar refractivity (Wildman–Crippen MR) is 41.6 cm³/mol. The van der Waals surface area contributed by atoms with E-state index in [-0.39, 0.29) is 0 Å². The van der Waals surface area contributed by atoms with Crippen molar-refractivity contribution >= 4 is 5.97 Å². The van der Waals surface area contributed by atoms with Crippen molar-refractivity contribution in [2.24, 2.45) is 5.73 Å². The Morgan fingerprint density at radius 1 is 1.82 bits per heavy atom. The molecular weight excluding hydrogens is 142 g/mol. The predicted octanol–water partition coefficient (Wildman–Crippen LogP) is -0.190. The van der Waals surface area contributed by atoms with Crippen LogP contribution < -0.4 is 10.8 Å². The molecule has 0 saturated heterocycles. The van der Waals surface area contributed by atoms with Crippen molar-refractivity contribution in [2.45, 2.75) is 31.7 Å². The summed E-state index contributed by atoms with van der Waals surface area (Å²) in [6.07, 6.45) is 3.05. The Hall–Kier alpha value is -0.830. The molecule has 0 bridgehead atoms. The number of nitrogens with two attached hydrogens (primary N) is 1. The molecule has 0 saturated carbocycles. The van der Waals surface area contributed by atoms with Gasteiger partial charge in [0.25, 0.3) is 0 Å². The van der Waals surface area contributed by atoms with Crippen LogP contribution in [0.5, 0.6) is 0 Å². The molecule has 0 aliphatic heterocycles. The molecule has 0 aliphatic rings. The lowest BCUT2D eigenvalue weighted by atomic mass is 9.92. The zero-order valence-corrected chi connectivity index (χ0v) is 6.80. The van der Waals surface area contributed by atoms with Crippen LogP contribution in [0, 0.1) is 0 Å². The molecule has 0 aromatic rings. The van der Waals surface area contributed by atoms with Gasteiger partial charge in [-0.3, -0.25) is 0 Å². The Bertz CT molecular complexity index is 156. The van der Waals surface area contributed by atoms with Crippen LogP contribution in [0.1, 0.15) is 26.2 Å². The zero-order valence-electron chi connectivity index (χ0n) is 6.80. The molecule has 1 unspecified atom stereocenters. The van der Waals surface area contributed by atoms with Crippen LogP contribution in [0.3, 0.4) is 0 Å². The summed E-state index contributed by atoms with van der Waals surface area (Å²) in [7, 11) is 0. The second-order valence-corrected chi connectivity index (χ2v) is 2.62. The van der Waals surface area contributed by atoms with Gasteiger partial charge in [0.05, 0.1) is 11.5 Å². The fourth-order valence-corrected chi connectivity index (χ4v) is 0.783. The number of allylic oxidation sites excluding steroid dienone is 1. The highest BCUT2D eigenvalue weighted by Crippen LogP contribution is 2.12. The third-order valence-corrected chi connectivity index (χ3v) is 1.83. The highest BCUT2D eigenvalue weighted by atomic mass is 16.4. The van der Waals surface area contributed by atoms with Crippen molar-refractivity contribution in [1.29, 1.82) is 0 Å². The van der Waals surface area contributed by atoms with Gasteiger partial charge in [-0.15, -0.1) is 6.58 Å². The Labute approximate surface area is 66.9 Å². The molecule has 64 valence electrons. The van der Waals surface area contributed by atoms with E-state index in [1.165, 1.54) is 0 Å². The minimum absolute atomic E-state index is 0.392. The van der Waals surface area contributed by atoms with Gasteiger partial charge in [0.15, 0.2) is 0 Å². The van der Waals surface area contributed by atoms with Gasteiger partial charge in [0, 0.05) is 0 Å². The SMILES string of the molecule is C=CCCC(N)(CC)C(=O)[O-]. The van der Waals surface area contributed by atoms with E-state index in [2.05, 4.69) is 6.58 Å². The molecule has 0 aromatic heterocycles. The summed E-state index contributed by atoms with van der Waals surface area (Å²) in [5.74, 6) is -1.18. The second kappa shape index (κ2) is 4.13. The lowest BCUT2D eigenvalue weighted by Gasteiger charge is -2.28. The van der Waals surface area contributed by atoms with Crippen molar-refractivity contribution in [3.63, 3.8) is 0 Å². The van der Waals surface area contributed by atoms with Gasteiger partial charge in [-0.05, 0) is 19.3 Å². The van der Waals surface area contributed by atoms with Gasteiger partial charge in [-0.25, -0.2) is 0 Å². The summed E-state index contributed by atoms with van der Waals surface area (Å²) in [5, 5.41) is 10.5. The van der Waals surface area contributed by atoms with Crippen molar-refractivity contribution in [3.8, 4) is 0 Å². The van der Waals surface area contributed by atoms with E-state index >= 15 is 0 Å². The average molecular weight is 156 g/mol. The fraction of sp³-hybridized carbons (Fsp3) is 0.625. The van der Waals surface area contributed by atoms with Crippen molar-refractivity contribution in [3.05, 3.63) is 12.7 Å². The third kappa shape index (κ3) is 2.72. The van der Waals surface area contributed by atoms with E-state index in [9.17, 15) is 9.90 Å². The van der Waals surface area contributed by atoms with E-state index < -0.39 is 11.5 Å². The molecule has 3 nitrogen and oxygen atoms in total. The Kier molecular flexibility index (Phi) is 3.82. The Morgan fingerprint density at radius 3 is 2.64 bits per heavy atom. The molecule has 0 heterocycles. The minimum Gasteiger partial charge on any atom is -0.548 e. The fourth-order valence-electron chi connectivity index (χ4n) is 0.783. The van der Waals surface area contributed by atoms with Crippen LogP contribution in [0.25, 0.3) is 0 Å². The lowest BCUT2D eigenvalue weighted by Crippen LogP contribution is -2.54. The first-order valence-corrected chi connectivity index (χ1v) is 3.68. The first-order chi connectivity index (χ1) is 5.06. The van der Waals surface area contributed by atoms with Crippen molar-refractivity contribution in [2.75, 3.05) is 0 Å². The molecule has 0 amide bonds. The zero-order chi connectivity index (χ0) is 8.91. The van der Waals surface area contributed by atoms with Crippen molar-refractivity contribution in [1.82, 2.24) is 0 Å². The maximum atomic E-state index is 10.5. The first kappa shape index (κ1) is 10.2. The number of hydrogen-bond acceptors (Lipinski definition) is 3. The minimum atomic E-state index is -1.18. The molecule has 0 spiro atoms. The molecule has 0 aromatic carbocycles. The summed E-state index contributed by atoms with van der Waals surface area (Å²) in [5.41, 5.74) is 4.34. The Morgan fingerprint density at radius 2 is 2.36 bits per heavy atom. The van der Waals surface area contributed by atoms with Gasteiger partial charge >= 0.3 is 0 Å². The largest absolute Gasteiger partial charge is 0.548 e. The van der Waals surface area contributed by atoms with E-state index in [0.717, 1.165) is 0 Å². The molecule has 11 heavy (non-hydrogen) atoms. The molecule has 3 heteroatoms. The Balaban J connectivity index is 4.09. The van der Waals surface area contributed by atoms with Crippen LogP contribution in [0.2, 0.25) is 0 Å². The van der Waals surface area contributed by atoms with Crippen LogP contribution in [-0.4, -0.2) is 11.5 Å². The molecule has 1 atom stereocenters. The standard InChI is InChI=1S/C8H15NO2/c1-3-5-6-8(9,4-2)7(10)11/h3H,1,4-6,9H2,2H3,(H,10,11)/p-1. The van der Waals surface area contributed by atoms with Crippen LogP contribution in [-0.2, 0) is 4.79 Å².